The zero-order chi connectivity index (χ0) is 15.8. The number of nitrogens with zero attached hydrogens (tertiary/aromatic N) is 1. The minimum Gasteiger partial charge on any atom is -0.497 e. The predicted octanol–water partition coefficient (Wildman–Crippen LogP) is 4.06. The van der Waals surface area contributed by atoms with Crippen LogP contribution in [0.1, 0.15) is 38.2 Å². The van der Waals surface area contributed by atoms with Crippen LogP contribution in [0, 0.1) is 0 Å². The highest BCUT2D eigenvalue weighted by Crippen LogP contribution is 2.17. The van der Waals surface area contributed by atoms with Gasteiger partial charge in [-0.2, -0.15) is 0 Å². The average molecular weight is 299 g/mol. The molecule has 22 heavy (non-hydrogen) atoms. The van der Waals surface area contributed by atoms with Gasteiger partial charge in [-0.1, -0.05) is 31.2 Å². The summed E-state index contributed by atoms with van der Waals surface area (Å²) in [6, 6.07) is 7.94. The third kappa shape index (κ3) is 4.76. The first-order valence-corrected chi connectivity index (χ1v) is 8.04. The summed E-state index contributed by atoms with van der Waals surface area (Å²) in [5.41, 5.74) is 2.23. The lowest BCUT2D eigenvalue weighted by molar-refractivity contribution is -0.126. The summed E-state index contributed by atoms with van der Waals surface area (Å²) in [5.74, 6) is 0.974. The first-order valence-electron chi connectivity index (χ1n) is 8.04. The van der Waals surface area contributed by atoms with E-state index in [9.17, 15) is 4.79 Å². The minimum absolute atomic E-state index is 0.129. The Morgan fingerprint density at radius 3 is 2.68 bits per heavy atom. The smallest absolute Gasteiger partial charge is 0.246 e. The topological polar surface area (TPSA) is 29.5 Å². The van der Waals surface area contributed by atoms with Crippen LogP contribution in [-0.2, 0) is 4.79 Å². The van der Waals surface area contributed by atoms with Crippen LogP contribution in [0.15, 0.2) is 42.0 Å². The molecule has 1 amide bonds. The van der Waals surface area contributed by atoms with E-state index in [-0.39, 0.29) is 5.91 Å². The maximum atomic E-state index is 12.2. The molecule has 0 aromatic heterocycles. The van der Waals surface area contributed by atoms with E-state index < -0.39 is 0 Å². The molecule has 1 aromatic carbocycles. The monoisotopic (exact) mass is 299 g/mol. The number of benzene rings is 1. The zero-order valence-electron chi connectivity index (χ0n) is 13.5. The largest absolute Gasteiger partial charge is 0.497 e. The number of rotatable bonds is 5. The van der Waals surface area contributed by atoms with Crippen LogP contribution in [0.3, 0.4) is 0 Å². The molecule has 2 rings (SSSR count). The van der Waals surface area contributed by atoms with Crippen molar-refractivity contribution in [3.63, 3.8) is 0 Å². The fourth-order valence-corrected chi connectivity index (χ4v) is 2.61. The lowest BCUT2D eigenvalue weighted by Crippen LogP contribution is -2.34. The molecule has 1 aliphatic heterocycles. The summed E-state index contributed by atoms with van der Waals surface area (Å²) in [6.45, 7) is 3.89. The lowest BCUT2D eigenvalue weighted by Gasteiger charge is -2.25. The average Bonchev–Trinajstić information content (AvgIpc) is 2.59. The van der Waals surface area contributed by atoms with Gasteiger partial charge in [0.15, 0.2) is 0 Å². The first kappa shape index (κ1) is 16.3. The van der Waals surface area contributed by atoms with Crippen LogP contribution >= 0.6 is 0 Å². The third-order valence-corrected chi connectivity index (χ3v) is 3.96. The Labute approximate surface area is 133 Å². The van der Waals surface area contributed by atoms with Gasteiger partial charge in [0.1, 0.15) is 5.75 Å². The number of amides is 1. The molecule has 0 saturated carbocycles. The van der Waals surface area contributed by atoms with Crippen LogP contribution in [0.2, 0.25) is 0 Å². The summed E-state index contributed by atoms with van der Waals surface area (Å²) in [5, 5.41) is 0. The summed E-state index contributed by atoms with van der Waals surface area (Å²) in [4.78, 5) is 14.1. The molecular formula is C19H25NO2. The fourth-order valence-electron chi connectivity index (χ4n) is 2.61. The van der Waals surface area contributed by atoms with Gasteiger partial charge in [0, 0.05) is 19.2 Å². The normalized spacial score (nSPS) is 16.1. The molecule has 0 unspecified atom stereocenters. The van der Waals surface area contributed by atoms with E-state index in [0.29, 0.717) is 0 Å². The van der Waals surface area contributed by atoms with E-state index in [2.05, 4.69) is 13.0 Å². The molecule has 0 N–H and O–H groups in total. The molecule has 0 spiro atoms. The van der Waals surface area contributed by atoms with Crippen molar-refractivity contribution in [3.8, 4) is 5.75 Å². The van der Waals surface area contributed by atoms with Crippen molar-refractivity contribution in [1.82, 2.24) is 4.90 Å². The Balaban J connectivity index is 2.05. The van der Waals surface area contributed by atoms with Gasteiger partial charge >= 0.3 is 0 Å². The van der Waals surface area contributed by atoms with Crippen molar-refractivity contribution < 1.29 is 9.53 Å². The van der Waals surface area contributed by atoms with Gasteiger partial charge in [-0.05, 0) is 49.0 Å². The van der Waals surface area contributed by atoms with Crippen LogP contribution < -0.4 is 4.74 Å². The number of carbonyl (C=O) groups excluding carboxylic acids is 1. The second kappa shape index (κ2) is 8.42. The Hall–Kier alpha value is -2.03. The molecule has 3 nitrogen and oxygen atoms in total. The molecule has 0 bridgehead atoms. The highest BCUT2D eigenvalue weighted by Gasteiger charge is 2.13. The Kier molecular flexibility index (Phi) is 6.26. The van der Waals surface area contributed by atoms with Crippen molar-refractivity contribution in [2.45, 2.75) is 32.6 Å². The van der Waals surface area contributed by atoms with Gasteiger partial charge in [0.05, 0.1) is 7.11 Å². The van der Waals surface area contributed by atoms with Gasteiger partial charge in [0.25, 0.3) is 0 Å². The quantitative estimate of drug-likeness (QED) is 0.606. The van der Waals surface area contributed by atoms with Gasteiger partial charge in [-0.15, -0.1) is 0 Å². The number of hydrogen-bond acceptors (Lipinski definition) is 2. The van der Waals surface area contributed by atoms with Gasteiger partial charge in [-0.25, -0.2) is 0 Å². The van der Waals surface area contributed by atoms with Gasteiger partial charge in [0.2, 0.25) is 5.91 Å². The summed E-state index contributed by atoms with van der Waals surface area (Å²) < 4.78 is 5.24. The summed E-state index contributed by atoms with van der Waals surface area (Å²) in [6.07, 6.45) is 10.1. The van der Waals surface area contributed by atoms with Crippen molar-refractivity contribution in [1.29, 1.82) is 0 Å². The zero-order valence-corrected chi connectivity index (χ0v) is 13.5. The SMILES string of the molecule is CCC(/C=C/C(=O)N1CCCCC1)=C\c1cccc(OC)c1. The van der Waals surface area contributed by atoms with E-state index in [0.717, 1.165) is 49.2 Å². The lowest BCUT2D eigenvalue weighted by atomic mass is 10.1. The minimum atomic E-state index is 0.129. The molecule has 1 aliphatic rings. The van der Waals surface area contributed by atoms with E-state index >= 15 is 0 Å². The molecule has 0 aliphatic carbocycles. The van der Waals surface area contributed by atoms with Crippen LogP contribution in [0.5, 0.6) is 5.75 Å². The summed E-state index contributed by atoms with van der Waals surface area (Å²) in [7, 11) is 1.67. The predicted molar refractivity (Wildman–Crippen MR) is 90.8 cm³/mol. The Morgan fingerprint density at radius 2 is 2.00 bits per heavy atom. The molecule has 1 aromatic rings. The highest BCUT2D eigenvalue weighted by molar-refractivity contribution is 5.88. The number of carbonyl (C=O) groups is 1. The molecule has 3 heteroatoms. The highest BCUT2D eigenvalue weighted by atomic mass is 16.5. The van der Waals surface area contributed by atoms with E-state index in [1.54, 1.807) is 13.2 Å². The molecule has 1 heterocycles. The first-order chi connectivity index (χ1) is 10.7. The number of allylic oxidation sites excluding steroid dienone is 2. The number of likely N-dealkylation sites (tertiary alicyclic amines) is 1. The van der Waals surface area contributed by atoms with Crippen molar-refractivity contribution in [2.75, 3.05) is 20.2 Å². The number of methoxy groups -OCH3 is 1. The molecule has 118 valence electrons. The van der Waals surface area contributed by atoms with Crippen molar-refractivity contribution in [3.05, 3.63) is 47.6 Å². The van der Waals surface area contributed by atoms with Gasteiger partial charge < -0.3 is 9.64 Å². The van der Waals surface area contributed by atoms with Crippen LogP contribution in [-0.4, -0.2) is 31.0 Å². The second-order valence-electron chi connectivity index (χ2n) is 5.57. The number of piperidine rings is 1. The third-order valence-electron chi connectivity index (χ3n) is 3.96. The molecule has 1 saturated heterocycles. The fraction of sp³-hybridized carbons (Fsp3) is 0.421. The summed E-state index contributed by atoms with van der Waals surface area (Å²) >= 11 is 0. The maximum Gasteiger partial charge on any atom is 0.246 e. The number of hydrogen-bond donors (Lipinski definition) is 0. The van der Waals surface area contributed by atoms with E-state index in [4.69, 9.17) is 4.74 Å². The Bertz CT molecular complexity index is 554. The van der Waals surface area contributed by atoms with Crippen molar-refractivity contribution >= 4 is 12.0 Å². The van der Waals surface area contributed by atoms with E-state index in [1.165, 1.54) is 6.42 Å². The standard InChI is InChI=1S/C19H25NO2/c1-3-16(14-17-8-7-9-18(15-17)22-2)10-11-19(21)20-12-5-4-6-13-20/h7-11,14-15H,3-6,12-13H2,1-2H3/b11-10+,16-14+. The molecule has 0 radical (unpaired) electrons. The van der Waals surface area contributed by atoms with E-state index in [1.807, 2.05) is 35.2 Å². The van der Waals surface area contributed by atoms with Crippen LogP contribution in [0.25, 0.3) is 6.08 Å². The van der Waals surface area contributed by atoms with Gasteiger partial charge in [-0.3, -0.25) is 4.79 Å². The molecule has 0 atom stereocenters. The molecular weight excluding hydrogens is 274 g/mol. The molecule has 1 fully saturated rings. The Morgan fingerprint density at radius 1 is 1.23 bits per heavy atom. The van der Waals surface area contributed by atoms with Crippen LogP contribution in [0.4, 0.5) is 0 Å². The second-order valence-corrected chi connectivity index (χ2v) is 5.57. The number of ether oxygens (including phenoxy) is 1. The maximum absolute atomic E-state index is 12.2. The van der Waals surface area contributed by atoms with Crippen molar-refractivity contribution in [2.24, 2.45) is 0 Å².